The lowest BCUT2D eigenvalue weighted by molar-refractivity contribution is 0.181. The van der Waals surface area contributed by atoms with Crippen LogP contribution in [0.15, 0.2) is 18.2 Å². The minimum Gasteiger partial charge on any atom is -0.380 e. The molecule has 0 radical (unpaired) electrons. The van der Waals surface area contributed by atoms with Crippen LogP contribution in [0.3, 0.4) is 0 Å². The molecule has 0 spiro atoms. The van der Waals surface area contributed by atoms with Crippen LogP contribution < -0.4 is 5.32 Å². The molecule has 3 heteroatoms. The second kappa shape index (κ2) is 5.41. The number of halogens is 1. The Kier molecular flexibility index (Phi) is 3.91. The van der Waals surface area contributed by atoms with Crippen molar-refractivity contribution in [2.24, 2.45) is 0 Å². The molecule has 0 aromatic heterocycles. The van der Waals surface area contributed by atoms with Crippen LogP contribution >= 0.6 is 0 Å². The molecule has 88 valence electrons. The highest BCUT2D eigenvalue weighted by Crippen LogP contribution is 2.27. The minimum atomic E-state index is -0.0851. The van der Waals surface area contributed by atoms with E-state index in [1.165, 1.54) is 0 Å². The molecule has 1 saturated heterocycles. The fourth-order valence-electron chi connectivity index (χ4n) is 2.30. The molecule has 16 heavy (non-hydrogen) atoms. The second-order valence-corrected chi connectivity index (χ2v) is 4.30. The Morgan fingerprint density at radius 3 is 3.06 bits per heavy atom. The highest BCUT2D eigenvalue weighted by Gasteiger charge is 2.19. The Morgan fingerprint density at radius 2 is 2.38 bits per heavy atom. The Balaban J connectivity index is 2.22. The average Bonchev–Trinajstić information content (AvgIpc) is 2.33. The van der Waals surface area contributed by atoms with E-state index in [2.05, 4.69) is 5.32 Å². The van der Waals surface area contributed by atoms with Gasteiger partial charge in [0.2, 0.25) is 0 Å². The third kappa shape index (κ3) is 2.42. The molecule has 2 rings (SSSR count). The van der Waals surface area contributed by atoms with Crippen molar-refractivity contribution < 1.29 is 9.13 Å². The first kappa shape index (κ1) is 11.6. The van der Waals surface area contributed by atoms with Gasteiger partial charge in [-0.05, 0) is 30.9 Å². The van der Waals surface area contributed by atoms with E-state index in [-0.39, 0.29) is 5.82 Å². The largest absolute Gasteiger partial charge is 0.380 e. The van der Waals surface area contributed by atoms with Gasteiger partial charge in [-0.1, -0.05) is 18.2 Å². The predicted molar refractivity (Wildman–Crippen MR) is 62.0 cm³/mol. The zero-order valence-corrected chi connectivity index (χ0v) is 9.63. The maximum absolute atomic E-state index is 14.1. The van der Waals surface area contributed by atoms with Crippen molar-refractivity contribution in [2.75, 3.05) is 20.2 Å². The summed E-state index contributed by atoms with van der Waals surface area (Å²) in [5.74, 6) is 0.226. The molecule has 1 aliphatic heterocycles. The van der Waals surface area contributed by atoms with E-state index in [1.807, 2.05) is 12.1 Å². The highest BCUT2D eigenvalue weighted by molar-refractivity contribution is 5.29. The first-order valence-corrected chi connectivity index (χ1v) is 5.80. The summed E-state index contributed by atoms with van der Waals surface area (Å²) in [5, 5.41) is 3.31. The summed E-state index contributed by atoms with van der Waals surface area (Å²) in [4.78, 5) is 0. The van der Waals surface area contributed by atoms with Gasteiger partial charge >= 0.3 is 0 Å². The first-order chi connectivity index (χ1) is 7.83. The lowest BCUT2D eigenvalue weighted by atomic mass is 9.90. The number of hydrogen-bond acceptors (Lipinski definition) is 2. The van der Waals surface area contributed by atoms with E-state index in [1.54, 1.807) is 13.2 Å². The molecule has 1 aliphatic rings. The monoisotopic (exact) mass is 223 g/mol. The Morgan fingerprint density at radius 1 is 1.50 bits per heavy atom. The molecule has 1 aromatic rings. The van der Waals surface area contributed by atoms with Gasteiger partial charge in [-0.25, -0.2) is 4.39 Å². The summed E-state index contributed by atoms with van der Waals surface area (Å²) in [7, 11) is 1.59. The van der Waals surface area contributed by atoms with Crippen molar-refractivity contribution in [3.05, 3.63) is 35.1 Å². The maximum Gasteiger partial charge on any atom is 0.132 e. The second-order valence-electron chi connectivity index (χ2n) is 4.30. The Hall–Kier alpha value is -0.930. The van der Waals surface area contributed by atoms with Crippen LogP contribution in [0.4, 0.5) is 4.39 Å². The summed E-state index contributed by atoms with van der Waals surface area (Å²) in [6.07, 6.45) is 2.19. The SMILES string of the molecule is COCc1cccc(C2CCCNC2)c1F. The van der Waals surface area contributed by atoms with Crippen molar-refractivity contribution in [1.29, 1.82) is 0 Å². The van der Waals surface area contributed by atoms with Crippen molar-refractivity contribution in [1.82, 2.24) is 5.32 Å². The fraction of sp³-hybridized carbons (Fsp3) is 0.538. The van der Waals surface area contributed by atoms with E-state index in [0.29, 0.717) is 18.1 Å². The molecular formula is C13H18FNO. The summed E-state index contributed by atoms with van der Waals surface area (Å²) in [6.45, 7) is 2.28. The van der Waals surface area contributed by atoms with E-state index < -0.39 is 0 Å². The van der Waals surface area contributed by atoms with Gasteiger partial charge in [0.15, 0.2) is 0 Å². The Labute approximate surface area is 95.8 Å². The molecule has 2 nitrogen and oxygen atoms in total. The highest BCUT2D eigenvalue weighted by atomic mass is 19.1. The molecule has 0 saturated carbocycles. The zero-order chi connectivity index (χ0) is 11.4. The van der Waals surface area contributed by atoms with Crippen LogP contribution in [0.1, 0.15) is 29.9 Å². The standard InChI is InChI=1S/C13H18FNO/c1-16-9-11-4-2-6-12(13(11)14)10-5-3-7-15-8-10/h2,4,6,10,15H,3,5,7-9H2,1H3. The summed E-state index contributed by atoms with van der Waals surface area (Å²) in [5.41, 5.74) is 1.49. The third-order valence-electron chi connectivity index (χ3n) is 3.15. The number of hydrogen-bond donors (Lipinski definition) is 1. The molecule has 1 unspecified atom stereocenters. The number of nitrogens with one attached hydrogen (secondary N) is 1. The van der Waals surface area contributed by atoms with E-state index in [4.69, 9.17) is 4.74 Å². The molecule has 1 fully saturated rings. The van der Waals surface area contributed by atoms with Gasteiger partial charge in [-0.15, -0.1) is 0 Å². The lowest BCUT2D eigenvalue weighted by Gasteiger charge is -2.24. The zero-order valence-electron chi connectivity index (χ0n) is 9.63. The van der Waals surface area contributed by atoms with Crippen LogP contribution in [0.25, 0.3) is 0 Å². The average molecular weight is 223 g/mol. The summed E-state index contributed by atoms with van der Waals surface area (Å²) in [6, 6.07) is 5.60. The molecule has 1 N–H and O–H groups in total. The molecular weight excluding hydrogens is 205 g/mol. The molecule has 1 heterocycles. The van der Waals surface area contributed by atoms with E-state index >= 15 is 0 Å². The number of benzene rings is 1. The van der Waals surface area contributed by atoms with Gasteiger partial charge in [-0.2, -0.15) is 0 Å². The topological polar surface area (TPSA) is 21.3 Å². The van der Waals surface area contributed by atoms with Gasteiger partial charge in [0.25, 0.3) is 0 Å². The van der Waals surface area contributed by atoms with Gasteiger partial charge in [0.05, 0.1) is 6.61 Å². The van der Waals surface area contributed by atoms with Crippen LogP contribution in [-0.2, 0) is 11.3 Å². The van der Waals surface area contributed by atoms with Crippen molar-refractivity contribution in [2.45, 2.75) is 25.4 Å². The summed E-state index contributed by atoms with van der Waals surface area (Å²) >= 11 is 0. The van der Waals surface area contributed by atoms with E-state index in [9.17, 15) is 4.39 Å². The minimum absolute atomic E-state index is 0.0851. The predicted octanol–water partition coefficient (Wildman–Crippen LogP) is 2.44. The van der Waals surface area contributed by atoms with Crippen molar-refractivity contribution in [3.63, 3.8) is 0 Å². The quantitative estimate of drug-likeness (QED) is 0.849. The number of ether oxygens (including phenoxy) is 1. The maximum atomic E-state index is 14.1. The number of methoxy groups -OCH3 is 1. The first-order valence-electron chi connectivity index (χ1n) is 5.80. The van der Waals surface area contributed by atoms with Crippen molar-refractivity contribution in [3.8, 4) is 0 Å². The summed E-state index contributed by atoms with van der Waals surface area (Å²) < 4.78 is 19.1. The molecule has 0 aliphatic carbocycles. The smallest absolute Gasteiger partial charge is 0.132 e. The molecule has 1 aromatic carbocycles. The van der Waals surface area contributed by atoms with Crippen LogP contribution in [-0.4, -0.2) is 20.2 Å². The van der Waals surface area contributed by atoms with Crippen LogP contribution in [0.2, 0.25) is 0 Å². The number of piperidine rings is 1. The van der Waals surface area contributed by atoms with Gasteiger partial charge < -0.3 is 10.1 Å². The van der Waals surface area contributed by atoms with Crippen molar-refractivity contribution >= 4 is 0 Å². The molecule has 1 atom stereocenters. The molecule has 0 amide bonds. The lowest BCUT2D eigenvalue weighted by Crippen LogP contribution is -2.29. The van der Waals surface area contributed by atoms with Gasteiger partial charge in [-0.3, -0.25) is 0 Å². The normalized spacial score (nSPS) is 21.0. The van der Waals surface area contributed by atoms with Gasteiger partial charge in [0, 0.05) is 19.2 Å². The van der Waals surface area contributed by atoms with Gasteiger partial charge in [0.1, 0.15) is 5.82 Å². The molecule has 0 bridgehead atoms. The number of rotatable bonds is 3. The third-order valence-corrected chi connectivity index (χ3v) is 3.15. The van der Waals surface area contributed by atoms with E-state index in [0.717, 1.165) is 31.5 Å². The van der Waals surface area contributed by atoms with Crippen LogP contribution in [0, 0.1) is 5.82 Å². The van der Waals surface area contributed by atoms with Crippen LogP contribution in [0.5, 0.6) is 0 Å². The fourth-order valence-corrected chi connectivity index (χ4v) is 2.30. The Bertz CT molecular complexity index is 348.